The summed E-state index contributed by atoms with van der Waals surface area (Å²) < 4.78 is 0. The molecule has 1 rings (SSSR count). The second kappa shape index (κ2) is 6.60. The Labute approximate surface area is 86.0 Å². The van der Waals surface area contributed by atoms with E-state index in [4.69, 9.17) is 0 Å². The molecule has 0 unspecified atom stereocenters. The number of amides is 1. The molecule has 0 aromatic carbocycles. The van der Waals surface area contributed by atoms with Gasteiger partial charge in [-0.2, -0.15) is 0 Å². The monoisotopic (exact) mass is 196 g/mol. The third-order valence-corrected chi connectivity index (χ3v) is 2.40. The first kappa shape index (κ1) is 11.2. The molecule has 1 aliphatic rings. The maximum atomic E-state index is 11.1. The van der Waals surface area contributed by atoms with Gasteiger partial charge < -0.3 is 10.6 Å². The molecule has 0 saturated heterocycles. The summed E-state index contributed by atoms with van der Waals surface area (Å²) in [5, 5.41) is 6.20. The molecular weight excluding hydrogens is 176 g/mol. The lowest BCUT2D eigenvalue weighted by Gasteiger charge is -2.14. The topological polar surface area (TPSA) is 41.1 Å². The Bertz CT molecular complexity index is 211. The highest BCUT2D eigenvalue weighted by atomic mass is 16.1. The molecule has 1 aliphatic heterocycles. The average molecular weight is 196 g/mol. The molecule has 14 heavy (non-hydrogen) atoms. The summed E-state index contributed by atoms with van der Waals surface area (Å²) in [5.74, 6) is 0.182. The Kier molecular flexibility index (Phi) is 5.30. The Hall–Kier alpha value is -0.830. The normalized spacial score (nSPS) is 16.2. The summed E-state index contributed by atoms with van der Waals surface area (Å²) >= 11 is 0. The third kappa shape index (κ3) is 4.42. The van der Waals surface area contributed by atoms with E-state index >= 15 is 0 Å². The summed E-state index contributed by atoms with van der Waals surface area (Å²) in [7, 11) is 0. The van der Waals surface area contributed by atoms with Crippen LogP contribution in [0.25, 0.3) is 0 Å². The minimum Gasteiger partial charge on any atom is -0.356 e. The number of nitrogens with one attached hydrogen (secondary N) is 2. The Morgan fingerprint density at radius 2 is 2.50 bits per heavy atom. The van der Waals surface area contributed by atoms with Crippen molar-refractivity contribution in [2.75, 3.05) is 19.6 Å². The van der Waals surface area contributed by atoms with E-state index in [-0.39, 0.29) is 5.91 Å². The van der Waals surface area contributed by atoms with Gasteiger partial charge >= 0.3 is 0 Å². The molecule has 0 fully saturated rings. The van der Waals surface area contributed by atoms with Crippen molar-refractivity contribution in [1.29, 1.82) is 0 Å². The number of rotatable bonds is 5. The number of hydrogen-bond acceptors (Lipinski definition) is 2. The van der Waals surface area contributed by atoms with E-state index < -0.39 is 0 Å². The van der Waals surface area contributed by atoms with Crippen LogP contribution in [0.15, 0.2) is 11.6 Å². The van der Waals surface area contributed by atoms with Gasteiger partial charge in [0.25, 0.3) is 0 Å². The van der Waals surface area contributed by atoms with E-state index in [1.807, 2.05) is 6.92 Å². The van der Waals surface area contributed by atoms with E-state index in [0.717, 1.165) is 38.9 Å². The van der Waals surface area contributed by atoms with Crippen LogP contribution < -0.4 is 10.6 Å². The van der Waals surface area contributed by atoms with Crippen LogP contribution in [0.5, 0.6) is 0 Å². The first-order chi connectivity index (χ1) is 6.83. The largest absolute Gasteiger partial charge is 0.356 e. The first-order valence-corrected chi connectivity index (χ1v) is 5.48. The highest BCUT2D eigenvalue weighted by Gasteiger charge is 2.03. The van der Waals surface area contributed by atoms with Crippen molar-refractivity contribution in [1.82, 2.24) is 10.6 Å². The van der Waals surface area contributed by atoms with Crippen molar-refractivity contribution in [3.8, 4) is 0 Å². The van der Waals surface area contributed by atoms with Gasteiger partial charge in [-0.05, 0) is 25.8 Å². The number of hydrogen-bond donors (Lipinski definition) is 2. The molecule has 3 nitrogen and oxygen atoms in total. The molecule has 80 valence electrons. The molecular formula is C11H20N2O. The second-order valence-corrected chi connectivity index (χ2v) is 3.67. The lowest BCUT2D eigenvalue weighted by atomic mass is 10.1. The molecule has 1 heterocycles. The zero-order valence-corrected chi connectivity index (χ0v) is 8.94. The fourth-order valence-corrected chi connectivity index (χ4v) is 1.57. The summed E-state index contributed by atoms with van der Waals surface area (Å²) in [5.41, 5.74) is 1.47. The van der Waals surface area contributed by atoms with E-state index in [2.05, 4.69) is 16.7 Å². The van der Waals surface area contributed by atoms with Gasteiger partial charge in [0.15, 0.2) is 0 Å². The molecule has 0 spiro atoms. The Morgan fingerprint density at radius 1 is 1.64 bits per heavy atom. The van der Waals surface area contributed by atoms with E-state index in [1.54, 1.807) is 0 Å². The molecule has 0 aromatic rings. The van der Waals surface area contributed by atoms with Crippen LogP contribution in [-0.4, -0.2) is 25.5 Å². The zero-order chi connectivity index (χ0) is 10.2. The maximum Gasteiger partial charge on any atom is 0.219 e. The highest BCUT2D eigenvalue weighted by Crippen LogP contribution is 2.07. The van der Waals surface area contributed by atoms with Gasteiger partial charge in [-0.25, -0.2) is 0 Å². The van der Waals surface area contributed by atoms with Gasteiger partial charge in [0.05, 0.1) is 0 Å². The molecule has 0 aromatic heterocycles. The zero-order valence-electron chi connectivity index (χ0n) is 8.94. The van der Waals surface area contributed by atoms with Crippen molar-refractivity contribution in [2.24, 2.45) is 0 Å². The third-order valence-electron chi connectivity index (χ3n) is 2.40. The van der Waals surface area contributed by atoms with Crippen molar-refractivity contribution < 1.29 is 4.79 Å². The summed E-state index contributed by atoms with van der Waals surface area (Å²) in [4.78, 5) is 11.1. The molecule has 3 heteroatoms. The smallest absolute Gasteiger partial charge is 0.219 e. The van der Waals surface area contributed by atoms with Crippen molar-refractivity contribution in [2.45, 2.75) is 32.6 Å². The minimum atomic E-state index is 0.182. The van der Waals surface area contributed by atoms with Gasteiger partial charge in [0, 0.05) is 19.5 Å². The van der Waals surface area contributed by atoms with Crippen LogP contribution in [0.3, 0.4) is 0 Å². The van der Waals surface area contributed by atoms with Crippen molar-refractivity contribution in [3.05, 3.63) is 11.6 Å². The van der Waals surface area contributed by atoms with Gasteiger partial charge in [-0.3, -0.25) is 4.79 Å². The average Bonchev–Trinajstić information content (AvgIpc) is 2.20. The number of carbonyl (C=O) groups excluding carboxylic acids is 1. The van der Waals surface area contributed by atoms with E-state index in [0.29, 0.717) is 6.42 Å². The molecule has 0 saturated carbocycles. The summed E-state index contributed by atoms with van der Waals surface area (Å²) in [6, 6.07) is 0. The molecule has 0 aliphatic carbocycles. The summed E-state index contributed by atoms with van der Waals surface area (Å²) in [6.07, 6.45) is 5.95. The van der Waals surface area contributed by atoms with Gasteiger partial charge in [0.2, 0.25) is 5.91 Å². The molecule has 0 atom stereocenters. The van der Waals surface area contributed by atoms with Gasteiger partial charge in [0.1, 0.15) is 0 Å². The van der Waals surface area contributed by atoms with Crippen LogP contribution in [0, 0.1) is 0 Å². The summed E-state index contributed by atoms with van der Waals surface area (Å²) in [6.45, 7) is 4.88. The fraction of sp³-hybridized carbons (Fsp3) is 0.727. The van der Waals surface area contributed by atoms with Crippen LogP contribution >= 0.6 is 0 Å². The quantitative estimate of drug-likeness (QED) is 0.649. The predicted octanol–water partition coefficient (Wildman–Crippen LogP) is 1.21. The lowest BCUT2D eigenvalue weighted by Crippen LogP contribution is -2.26. The van der Waals surface area contributed by atoms with Crippen LogP contribution in [0.1, 0.15) is 32.6 Å². The minimum absolute atomic E-state index is 0.182. The first-order valence-electron chi connectivity index (χ1n) is 5.48. The van der Waals surface area contributed by atoms with Crippen LogP contribution in [0.2, 0.25) is 0 Å². The highest BCUT2D eigenvalue weighted by molar-refractivity contribution is 5.75. The predicted molar refractivity (Wildman–Crippen MR) is 58.1 cm³/mol. The fourth-order valence-electron chi connectivity index (χ4n) is 1.57. The van der Waals surface area contributed by atoms with Gasteiger partial charge in [-0.1, -0.05) is 18.6 Å². The maximum absolute atomic E-state index is 11.1. The van der Waals surface area contributed by atoms with Crippen LogP contribution in [-0.2, 0) is 4.79 Å². The Balaban J connectivity index is 2.08. The standard InChI is InChI=1S/C11H20N2O/c1-2-3-11(14)13-9-6-10-4-7-12-8-5-10/h4,12H,2-3,5-9H2,1H3,(H,13,14). The molecule has 0 radical (unpaired) electrons. The lowest BCUT2D eigenvalue weighted by molar-refractivity contribution is -0.121. The second-order valence-electron chi connectivity index (χ2n) is 3.67. The SMILES string of the molecule is CCCC(=O)NCCC1=CCNCC1. The molecule has 2 N–H and O–H groups in total. The molecule has 1 amide bonds. The van der Waals surface area contributed by atoms with Crippen molar-refractivity contribution >= 4 is 5.91 Å². The number of carbonyl (C=O) groups is 1. The van der Waals surface area contributed by atoms with E-state index in [9.17, 15) is 4.79 Å². The Morgan fingerprint density at radius 3 is 3.14 bits per heavy atom. The van der Waals surface area contributed by atoms with E-state index in [1.165, 1.54) is 5.57 Å². The van der Waals surface area contributed by atoms with Crippen LogP contribution in [0.4, 0.5) is 0 Å². The van der Waals surface area contributed by atoms with Gasteiger partial charge in [-0.15, -0.1) is 0 Å². The molecule has 0 bridgehead atoms. The van der Waals surface area contributed by atoms with Crippen molar-refractivity contribution in [3.63, 3.8) is 0 Å².